The lowest BCUT2D eigenvalue weighted by Crippen LogP contribution is -2.52. The third-order valence-corrected chi connectivity index (χ3v) is 6.43. The molecule has 1 atom stereocenters. The number of hydrogen-bond acceptors (Lipinski definition) is 4. The van der Waals surface area contributed by atoms with Crippen molar-refractivity contribution < 1.29 is 18.0 Å². The Morgan fingerprint density at radius 2 is 1.71 bits per heavy atom. The summed E-state index contributed by atoms with van der Waals surface area (Å²) in [5, 5.41) is 2.96. The molecule has 2 N–H and O–H groups in total. The van der Waals surface area contributed by atoms with E-state index in [0.717, 1.165) is 5.56 Å². The van der Waals surface area contributed by atoms with Crippen molar-refractivity contribution in [1.29, 1.82) is 0 Å². The third-order valence-electron chi connectivity index (χ3n) is 4.94. The van der Waals surface area contributed by atoms with Crippen LogP contribution in [0.5, 0.6) is 0 Å². The zero-order valence-electron chi connectivity index (χ0n) is 17.1. The van der Waals surface area contributed by atoms with Crippen molar-refractivity contribution in [2.24, 2.45) is 5.92 Å². The average Bonchev–Trinajstić information content (AvgIpc) is 2.61. The molecular weight excluding hydrogens is 378 g/mol. The normalized spacial score (nSPS) is 16.8. The summed E-state index contributed by atoms with van der Waals surface area (Å²) in [6.07, 6.45) is 1.75. The molecule has 1 aliphatic heterocycles. The molecule has 1 aromatic rings. The lowest BCUT2D eigenvalue weighted by molar-refractivity contribution is -0.130. The van der Waals surface area contributed by atoms with Crippen LogP contribution < -0.4 is 10.0 Å². The Labute approximate surface area is 167 Å². The minimum absolute atomic E-state index is 0.0355. The second-order valence-electron chi connectivity index (χ2n) is 7.91. The van der Waals surface area contributed by atoms with Gasteiger partial charge in [0.15, 0.2) is 0 Å². The first kappa shape index (κ1) is 22.4. The molecule has 0 radical (unpaired) electrons. The third kappa shape index (κ3) is 6.31. The maximum absolute atomic E-state index is 12.8. The number of carbonyl (C=O) groups excluding carboxylic acids is 2. The van der Waals surface area contributed by atoms with Crippen LogP contribution in [-0.4, -0.2) is 50.3 Å². The van der Waals surface area contributed by atoms with Gasteiger partial charge in [-0.1, -0.05) is 31.5 Å². The first-order valence-electron chi connectivity index (χ1n) is 9.73. The van der Waals surface area contributed by atoms with E-state index in [1.807, 2.05) is 20.8 Å². The molecule has 0 saturated carbocycles. The number of sulfonamides is 1. The highest BCUT2D eigenvalue weighted by Gasteiger charge is 2.29. The summed E-state index contributed by atoms with van der Waals surface area (Å²) in [5.74, 6) is -0.130. The highest BCUT2D eigenvalue weighted by molar-refractivity contribution is 7.89. The standard InChI is InChI=1S/C20H31N3O4S/c1-14(2)13-19(22-28(26,27)18-7-5-15(3)6-8-18)20(25)21-17-9-11-23(12-10-17)16(4)24/h5-8,14,17,19,22H,9-13H2,1-4H3,(H,21,25). The predicted molar refractivity (Wildman–Crippen MR) is 108 cm³/mol. The quantitative estimate of drug-likeness (QED) is 0.718. The summed E-state index contributed by atoms with van der Waals surface area (Å²) in [5.41, 5.74) is 0.965. The molecule has 0 aliphatic carbocycles. The molecule has 2 amide bonds. The van der Waals surface area contributed by atoms with Crippen LogP contribution in [0.3, 0.4) is 0 Å². The fraction of sp³-hybridized carbons (Fsp3) is 0.600. The molecule has 156 valence electrons. The maximum atomic E-state index is 12.8. The molecule has 28 heavy (non-hydrogen) atoms. The zero-order valence-corrected chi connectivity index (χ0v) is 17.9. The van der Waals surface area contributed by atoms with Crippen molar-refractivity contribution in [2.75, 3.05) is 13.1 Å². The average molecular weight is 410 g/mol. The van der Waals surface area contributed by atoms with E-state index in [0.29, 0.717) is 32.4 Å². The van der Waals surface area contributed by atoms with E-state index in [1.54, 1.807) is 29.2 Å². The van der Waals surface area contributed by atoms with E-state index in [9.17, 15) is 18.0 Å². The smallest absolute Gasteiger partial charge is 0.241 e. The Balaban J connectivity index is 2.05. The minimum Gasteiger partial charge on any atom is -0.352 e. The fourth-order valence-electron chi connectivity index (χ4n) is 3.29. The van der Waals surface area contributed by atoms with Crippen LogP contribution in [0.1, 0.15) is 45.6 Å². The van der Waals surface area contributed by atoms with Crippen LogP contribution in [0, 0.1) is 12.8 Å². The summed E-state index contributed by atoms with van der Waals surface area (Å²) >= 11 is 0. The van der Waals surface area contributed by atoms with Gasteiger partial charge >= 0.3 is 0 Å². The van der Waals surface area contributed by atoms with Gasteiger partial charge in [-0.2, -0.15) is 4.72 Å². The van der Waals surface area contributed by atoms with Gasteiger partial charge in [-0.05, 0) is 44.2 Å². The van der Waals surface area contributed by atoms with Crippen LogP contribution in [0.25, 0.3) is 0 Å². The lowest BCUT2D eigenvalue weighted by Gasteiger charge is -2.32. The molecule has 1 unspecified atom stereocenters. The highest BCUT2D eigenvalue weighted by Crippen LogP contribution is 2.15. The molecule has 1 saturated heterocycles. The molecular formula is C20H31N3O4S. The second-order valence-corrected chi connectivity index (χ2v) is 9.62. The fourth-order valence-corrected chi connectivity index (χ4v) is 4.50. The molecule has 2 rings (SSSR count). The van der Waals surface area contributed by atoms with Crippen LogP contribution in [0.15, 0.2) is 29.2 Å². The van der Waals surface area contributed by atoms with E-state index in [-0.39, 0.29) is 28.7 Å². The van der Waals surface area contributed by atoms with E-state index < -0.39 is 16.1 Å². The van der Waals surface area contributed by atoms with E-state index in [4.69, 9.17) is 0 Å². The van der Waals surface area contributed by atoms with Gasteiger partial charge in [0.1, 0.15) is 6.04 Å². The van der Waals surface area contributed by atoms with Gasteiger partial charge in [0.2, 0.25) is 21.8 Å². The number of piperidine rings is 1. The number of rotatable bonds is 7. The van der Waals surface area contributed by atoms with Gasteiger partial charge in [0, 0.05) is 26.1 Å². The number of likely N-dealkylation sites (tertiary alicyclic amines) is 1. The van der Waals surface area contributed by atoms with Crippen LogP contribution >= 0.6 is 0 Å². The summed E-state index contributed by atoms with van der Waals surface area (Å²) < 4.78 is 28.0. The molecule has 0 aromatic heterocycles. The maximum Gasteiger partial charge on any atom is 0.241 e. The largest absolute Gasteiger partial charge is 0.352 e. The Bertz CT molecular complexity index is 782. The minimum atomic E-state index is -3.79. The Hall–Kier alpha value is -1.93. The van der Waals surface area contributed by atoms with Gasteiger partial charge in [0.25, 0.3) is 0 Å². The summed E-state index contributed by atoms with van der Waals surface area (Å²) in [7, 11) is -3.79. The Morgan fingerprint density at radius 1 is 1.14 bits per heavy atom. The number of aryl methyl sites for hydroxylation is 1. The Morgan fingerprint density at radius 3 is 2.21 bits per heavy atom. The van der Waals surface area contributed by atoms with Crippen LogP contribution in [0.4, 0.5) is 0 Å². The molecule has 0 bridgehead atoms. The second kappa shape index (κ2) is 9.52. The highest BCUT2D eigenvalue weighted by atomic mass is 32.2. The van der Waals surface area contributed by atoms with Crippen molar-refractivity contribution in [3.05, 3.63) is 29.8 Å². The number of amides is 2. The molecule has 1 aliphatic rings. The van der Waals surface area contributed by atoms with Gasteiger partial charge in [-0.15, -0.1) is 0 Å². The van der Waals surface area contributed by atoms with Gasteiger partial charge in [-0.3, -0.25) is 9.59 Å². The van der Waals surface area contributed by atoms with Gasteiger partial charge in [-0.25, -0.2) is 8.42 Å². The lowest BCUT2D eigenvalue weighted by atomic mass is 10.0. The number of carbonyl (C=O) groups is 2. The SMILES string of the molecule is CC(=O)N1CCC(NC(=O)C(CC(C)C)NS(=O)(=O)c2ccc(C)cc2)CC1. The predicted octanol–water partition coefficient (Wildman–Crippen LogP) is 1.82. The van der Waals surface area contributed by atoms with Crippen molar-refractivity contribution in [1.82, 2.24) is 14.9 Å². The number of nitrogens with zero attached hydrogens (tertiary/aromatic N) is 1. The molecule has 1 heterocycles. The van der Waals surface area contributed by atoms with Crippen molar-refractivity contribution in [2.45, 2.75) is 63.9 Å². The van der Waals surface area contributed by atoms with Crippen LogP contribution in [-0.2, 0) is 19.6 Å². The van der Waals surface area contributed by atoms with Crippen molar-refractivity contribution >= 4 is 21.8 Å². The molecule has 7 nitrogen and oxygen atoms in total. The van der Waals surface area contributed by atoms with E-state index in [1.165, 1.54) is 6.92 Å². The van der Waals surface area contributed by atoms with E-state index >= 15 is 0 Å². The first-order valence-corrected chi connectivity index (χ1v) is 11.2. The summed E-state index contributed by atoms with van der Waals surface area (Å²) in [4.78, 5) is 26.1. The molecule has 0 spiro atoms. The summed E-state index contributed by atoms with van der Waals surface area (Å²) in [6.45, 7) is 8.53. The van der Waals surface area contributed by atoms with Crippen LogP contribution in [0.2, 0.25) is 0 Å². The number of nitrogens with one attached hydrogen (secondary N) is 2. The number of hydrogen-bond donors (Lipinski definition) is 2. The van der Waals surface area contributed by atoms with Crippen molar-refractivity contribution in [3.8, 4) is 0 Å². The molecule has 1 fully saturated rings. The molecule has 8 heteroatoms. The topological polar surface area (TPSA) is 95.6 Å². The Kier molecular flexibility index (Phi) is 7.60. The zero-order chi connectivity index (χ0) is 20.9. The van der Waals surface area contributed by atoms with E-state index in [2.05, 4.69) is 10.0 Å². The van der Waals surface area contributed by atoms with Gasteiger partial charge < -0.3 is 10.2 Å². The first-order chi connectivity index (χ1) is 13.1. The summed E-state index contributed by atoms with van der Waals surface area (Å²) in [6, 6.07) is 5.65. The monoisotopic (exact) mass is 409 g/mol. The van der Waals surface area contributed by atoms with Crippen molar-refractivity contribution in [3.63, 3.8) is 0 Å². The van der Waals surface area contributed by atoms with Gasteiger partial charge in [0.05, 0.1) is 4.90 Å². The molecule has 1 aromatic carbocycles. The number of benzene rings is 1.